The summed E-state index contributed by atoms with van der Waals surface area (Å²) in [5, 5.41) is 3.71. The van der Waals surface area contributed by atoms with Crippen LogP contribution in [0.15, 0.2) is 0 Å². The SMILES string of the molecule is C#CCCCCNC1CCN2CCC1C2. The molecule has 0 saturated carbocycles. The molecule has 0 aromatic carbocycles. The quantitative estimate of drug-likeness (QED) is 0.541. The van der Waals surface area contributed by atoms with E-state index in [1.165, 1.54) is 45.3 Å². The number of rotatable bonds is 5. The van der Waals surface area contributed by atoms with Crippen LogP contribution in [0, 0.1) is 18.3 Å². The Morgan fingerprint density at radius 3 is 3.00 bits per heavy atom. The van der Waals surface area contributed by atoms with Gasteiger partial charge in [-0.25, -0.2) is 0 Å². The first kappa shape index (κ1) is 11.0. The minimum atomic E-state index is 0.787. The van der Waals surface area contributed by atoms with Crippen molar-refractivity contribution in [2.75, 3.05) is 26.2 Å². The molecule has 15 heavy (non-hydrogen) atoms. The first-order valence-corrected chi connectivity index (χ1v) is 6.29. The van der Waals surface area contributed by atoms with Gasteiger partial charge in [0.2, 0.25) is 0 Å². The standard InChI is InChI=1S/C13H22N2/c1-2-3-4-5-8-14-13-7-10-15-9-6-12(13)11-15/h1,12-14H,3-11H2. The smallest absolute Gasteiger partial charge is 0.0120 e. The lowest BCUT2D eigenvalue weighted by atomic mass is 9.94. The van der Waals surface area contributed by atoms with Gasteiger partial charge in [-0.15, -0.1) is 12.3 Å². The molecule has 2 saturated heterocycles. The molecule has 0 aliphatic carbocycles. The van der Waals surface area contributed by atoms with Crippen molar-refractivity contribution in [3.05, 3.63) is 0 Å². The number of terminal acetylenes is 1. The first-order valence-electron chi connectivity index (χ1n) is 6.29. The first-order chi connectivity index (χ1) is 7.40. The third-order valence-corrected chi connectivity index (χ3v) is 3.79. The highest BCUT2D eigenvalue weighted by Crippen LogP contribution is 2.26. The molecule has 2 bridgehead atoms. The number of fused-ring (bicyclic) bond motifs is 2. The lowest BCUT2D eigenvalue weighted by Gasteiger charge is -2.31. The average Bonchev–Trinajstić information content (AvgIpc) is 2.64. The van der Waals surface area contributed by atoms with Crippen molar-refractivity contribution in [3.63, 3.8) is 0 Å². The molecule has 2 aliphatic heterocycles. The van der Waals surface area contributed by atoms with E-state index >= 15 is 0 Å². The third kappa shape index (κ3) is 2.96. The van der Waals surface area contributed by atoms with Crippen molar-refractivity contribution in [2.24, 2.45) is 5.92 Å². The Hall–Kier alpha value is -0.520. The van der Waals surface area contributed by atoms with Crippen LogP contribution in [0.3, 0.4) is 0 Å². The lowest BCUT2D eigenvalue weighted by molar-refractivity contribution is 0.221. The number of hydrogen-bond acceptors (Lipinski definition) is 2. The van der Waals surface area contributed by atoms with Crippen LogP contribution < -0.4 is 5.32 Å². The zero-order valence-electron chi connectivity index (χ0n) is 9.54. The molecule has 84 valence electrons. The third-order valence-electron chi connectivity index (χ3n) is 3.79. The molecule has 0 spiro atoms. The van der Waals surface area contributed by atoms with Gasteiger partial charge < -0.3 is 10.2 Å². The van der Waals surface area contributed by atoms with Crippen LogP contribution in [0.1, 0.15) is 32.1 Å². The molecule has 2 heteroatoms. The molecule has 1 N–H and O–H groups in total. The molecule has 2 heterocycles. The number of piperidine rings is 1. The van der Waals surface area contributed by atoms with Gasteiger partial charge in [0.1, 0.15) is 0 Å². The molecule has 0 aromatic rings. The van der Waals surface area contributed by atoms with Crippen LogP contribution in [0.2, 0.25) is 0 Å². The van der Waals surface area contributed by atoms with Crippen LogP contribution >= 0.6 is 0 Å². The summed E-state index contributed by atoms with van der Waals surface area (Å²) in [5.74, 6) is 3.62. The van der Waals surface area contributed by atoms with Crippen LogP contribution in [-0.2, 0) is 0 Å². The maximum Gasteiger partial charge on any atom is 0.0120 e. The van der Waals surface area contributed by atoms with Crippen molar-refractivity contribution in [1.82, 2.24) is 10.2 Å². The van der Waals surface area contributed by atoms with Gasteiger partial charge in [-0.3, -0.25) is 0 Å². The van der Waals surface area contributed by atoms with E-state index < -0.39 is 0 Å². The summed E-state index contributed by atoms with van der Waals surface area (Å²) in [6, 6.07) is 0.787. The molecular weight excluding hydrogens is 184 g/mol. The largest absolute Gasteiger partial charge is 0.314 e. The fourth-order valence-corrected chi connectivity index (χ4v) is 2.86. The molecule has 3 atom stereocenters. The number of nitrogens with zero attached hydrogens (tertiary/aromatic N) is 1. The van der Waals surface area contributed by atoms with Gasteiger partial charge in [0.25, 0.3) is 0 Å². The summed E-state index contributed by atoms with van der Waals surface area (Å²) in [4.78, 5) is 2.60. The molecule has 0 aromatic heterocycles. The Balaban J connectivity index is 1.61. The Kier molecular flexibility index (Phi) is 4.05. The average molecular weight is 206 g/mol. The van der Waals surface area contributed by atoms with Crippen LogP contribution in [0.5, 0.6) is 0 Å². The van der Waals surface area contributed by atoms with E-state index in [1.807, 2.05) is 0 Å². The van der Waals surface area contributed by atoms with E-state index in [1.54, 1.807) is 0 Å². The zero-order valence-corrected chi connectivity index (χ0v) is 9.54. The second-order valence-electron chi connectivity index (χ2n) is 4.86. The van der Waals surface area contributed by atoms with Gasteiger partial charge in [-0.2, -0.15) is 0 Å². The Labute approximate surface area is 93.4 Å². The molecule has 2 rings (SSSR count). The molecule has 3 unspecified atom stereocenters. The van der Waals surface area contributed by atoms with Crippen LogP contribution in [0.25, 0.3) is 0 Å². The lowest BCUT2D eigenvalue weighted by Crippen LogP contribution is -2.44. The highest BCUT2D eigenvalue weighted by molar-refractivity contribution is 4.90. The molecule has 0 amide bonds. The summed E-state index contributed by atoms with van der Waals surface area (Å²) in [5.41, 5.74) is 0. The van der Waals surface area contributed by atoms with E-state index in [4.69, 9.17) is 6.42 Å². The highest BCUT2D eigenvalue weighted by atomic mass is 15.2. The van der Waals surface area contributed by atoms with Crippen molar-refractivity contribution in [2.45, 2.75) is 38.1 Å². The van der Waals surface area contributed by atoms with Crippen LogP contribution in [-0.4, -0.2) is 37.1 Å². The fraction of sp³-hybridized carbons (Fsp3) is 0.846. The maximum atomic E-state index is 5.23. The number of unbranched alkanes of at least 4 members (excludes halogenated alkanes) is 2. The minimum Gasteiger partial charge on any atom is -0.314 e. The molecular formula is C13H22N2. The maximum absolute atomic E-state index is 5.23. The van der Waals surface area contributed by atoms with E-state index in [2.05, 4.69) is 16.1 Å². The Morgan fingerprint density at radius 2 is 2.13 bits per heavy atom. The molecule has 2 aliphatic rings. The Bertz CT molecular complexity index is 231. The minimum absolute atomic E-state index is 0.787. The molecule has 2 nitrogen and oxygen atoms in total. The number of hydrogen-bond donors (Lipinski definition) is 1. The van der Waals surface area contributed by atoms with E-state index in [0.29, 0.717) is 0 Å². The Morgan fingerprint density at radius 1 is 1.27 bits per heavy atom. The van der Waals surface area contributed by atoms with Crippen LogP contribution in [0.4, 0.5) is 0 Å². The van der Waals surface area contributed by atoms with Gasteiger partial charge >= 0.3 is 0 Å². The molecule has 2 fully saturated rings. The monoisotopic (exact) mass is 206 g/mol. The summed E-state index contributed by atoms with van der Waals surface area (Å²) in [6.07, 6.45) is 11.3. The van der Waals surface area contributed by atoms with Crippen molar-refractivity contribution >= 4 is 0 Å². The second-order valence-corrected chi connectivity index (χ2v) is 4.86. The number of nitrogens with one attached hydrogen (secondary N) is 1. The highest BCUT2D eigenvalue weighted by Gasteiger charge is 2.33. The van der Waals surface area contributed by atoms with Gasteiger partial charge in [0.05, 0.1) is 0 Å². The van der Waals surface area contributed by atoms with Gasteiger partial charge in [0.15, 0.2) is 0 Å². The second kappa shape index (κ2) is 5.53. The predicted octanol–water partition coefficient (Wildman–Crippen LogP) is 1.47. The summed E-state index contributed by atoms with van der Waals surface area (Å²) in [7, 11) is 0. The van der Waals surface area contributed by atoms with Crippen molar-refractivity contribution < 1.29 is 0 Å². The van der Waals surface area contributed by atoms with Crippen molar-refractivity contribution in [3.8, 4) is 12.3 Å². The van der Waals surface area contributed by atoms with Gasteiger partial charge in [-0.1, -0.05) is 0 Å². The fourth-order valence-electron chi connectivity index (χ4n) is 2.86. The van der Waals surface area contributed by atoms with E-state index in [0.717, 1.165) is 24.9 Å². The summed E-state index contributed by atoms with van der Waals surface area (Å²) in [6.45, 7) is 5.13. The van der Waals surface area contributed by atoms with Crippen molar-refractivity contribution in [1.29, 1.82) is 0 Å². The summed E-state index contributed by atoms with van der Waals surface area (Å²) >= 11 is 0. The zero-order chi connectivity index (χ0) is 10.5. The molecule has 0 radical (unpaired) electrons. The van der Waals surface area contributed by atoms with E-state index in [9.17, 15) is 0 Å². The van der Waals surface area contributed by atoms with E-state index in [-0.39, 0.29) is 0 Å². The normalized spacial score (nSPS) is 33.9. The summed E-state index contributed by atoms with van der Waals surface area (Å²) < 4.78 is 0. The van der Waals surface area contributed by atoms with Gasteiger partial charge in [0, 0.05) is 19.0 Å². The topological polar surface area (TPSA) is 15.3 Å². The van der Waals surface area contributed by atoms with Gasteiger partial charge in [-0.05, 0) is 51.2 Å². The predicted molar refractivity (Wildman–Crippen MR) is 63.6 cm³/mol.